The van der Waals surface area contributed by atoms with E-state index in [1.165, 1.54) is 17.0 Å². The minimum Gasteiger partial charge on any atom is -0.487 e. The lowest BCUT2D eigenvalue weighted by molar-refractivity contribution is -0.384. The Morgan fingerprint density at radius 1 is 0.947 bits per heavy atom. The van der Waals surface area contributed by atoms with E-state index in [-0.39, 0.29) is 30.0 Å². The molecule has 0 saturated carbocycles. The number of carbonyl (C=O) groups is 2. The van der Waals surface area contributed by atoms with E-state index in [0.717, 1.165) is 33.7 Å². The first kappa shape index (κ1) is 26.1. The van der Waals surface area contributed by atoms with E-state index in [0.29, 0.717) is 25.2 Å². The summed E-state index contributed by atoms with van der Waals surface area (Å²) in [6.07, 6.45) is 1.68. The van der Waals surface area contributed by atoms with E-state index in [2.05, 4.69) is 31.9 Å². The fourth-order valence-corrected chi connectivity index (χ4v) is 6.35. The van der Waals surface area contributed by atoms with E-state index >= 15 is 0 Å². The second kappa shape index (κ2) is 11.1. The van der Waals surface area contributed by atoms with Gasteiger partial charge in [0.05, 0.1) is 25.3 Å². The maximum Gasteiger partial charge on any atom is 0.293 e. The molecule has 0 atom stereocenters. The number of ether oxygens (including phenoxy) is 1. The van der Waals surface area contributed by atoms with Crippen LogP contribution < -0.4 is 4.74 Å². The summed E-state index contributed by atoms with van der Waals surface area (Å²) >= 11 is 7.95. The number of nitro benzene ring substituents is 1. The minimum atomic E-state index is -0.450. The number of halogens is 2. The number of hydrogen-bond donors (Lipinski definition) is 0. The molecule has 1 aliphatic rings. The number of thioether (sulfide) groups is 1. The Labute approximate surface area is 238 Å². The molecule has 1 heterocycles. The fraction of sp³-hybridized carbons (Fsp3) is 0.0714. The van der Waals surface area contributed by atoms with Crippen LogP contribution in [0.25, 0.3) is 16.8 Å². The molecule has 5 rings (SSSR count). The molecule has 1 saturated heterocycles. The molecule has 7 nitrogen and oxygen atoms in total. The normalized spacial score (nSPS) is 14.5. The third-order valence-electron chi connectivity index (χ3n) is 5.93. The van der Waals surface area contributed by atoms with Gasteiger partial charge in [-0.3, -0.25) is 24.6 Å². The van der Waals surface area contributed by atoms with Crippen molar-refractivity contribution in [2.45, 2.75) is 13.2 Å². The molecule has 0 aromatic heterocycles. The number of benzene rings is 4. The Bertz CT molecular complexity index is 1590. The molecule has 10 heteroatoms. The Morgan fingerprint density at radius 2 is 1.63 bits per heavy atom. The maximum atomic E-state index is 13.1. The van der Waals surface area contributed by atoms with Crippen molar-refractivity contribution in [2.75, 3.05) is 0 Å². The summed E-state index contributed by atoms with van der Waals surface area (Å²) in [6, 6.07) is 23.5. The number of fused-ring (bicyclic) bond motifs is 1. The van der Waals surface area contributed by atoms with Crippen LogP contribution in [-0.4, -0.2) is 21.0 Å². The van der Waals surface area contributed by atoms with Crippen LogP contribution in [0, 0.1) is 10.1 Å². The highest BCUT2D eigenvalue weighted by molar-refractivity contribution is 9.11. The van der Waals surface area contributed by atoms with E-state index in [9.17, 15) is 19.7 Å². The van der Waals surface area contributed by atoms with Crippen molar-refractivity contribution in [1.82, 2.24) is 4.90 Å². The number of hydrogen-bond acceptors (Lipinski definition) is 6. The van der Waals surface area contributed by atoms with Crippen molar-refractivity contribution in [1.29, 1.82) is 0 Å². The second-order valence-electron chi connectivity index (χ2n) is 8.43. The number of carbonyl (C=O) groups excluding carboxylic acids is 2. The average molecular weight is 654 g/mol. The maximum absolute atomic E-state index is 13.1. The van der Waals surface area contributed by atoms with Crippen LogP contribution in [0.15, 0.2) is 92.7 Å². The molecule has 2 amide bonds. The van der Waals surface area contributed by atoms with Crippen molar-refractivity contribution in [3.8, 4) is 5.75 Å². The third kappa shape index (κ3) is 5.52. The molecule has 0 unspecified atom stereocenters. The molecular weight excluding hydrogens is 636 g/mol. The summed E-state index contributed by atoms with van der Waals surface area (Å²) in [6.45, 7) is 0.410. The first-order chi connectivity index (χ1) is 18.3. The smallest absolute Gasteiger partial charge is 0.293 e. The monoisotopic (exact) mass is 652 g/mol. The lowest BCUT2D eigenvalue weighted by Crippen LogP contribution is -2.27. The second-order valence-corrected chi connectivity index (χ2v) is 11.1. The molecule has 4 aromatic rings. The van der Waals surface area contributed by atoms with Crippen LogP contribution in [0.4, 0.5) is 10.5 Å². The molecule has 4 aromatic carbocycles. The predicted octanol–water partition coefficient (Wildman–Crippen LogP) is 8.09. The van der Waals surface area contributed by atoms with Gasteiger partial charge in [0.15, 0.2) is 0 Å². The summed E-state index contributed by atoms with van der Waals surface area (Å²) < 4.78 is 7.21. The van der Waals surface area contributed by atoms with Gasteiger partial charge in [-0.2, -0.15) is 0 Å². The molecule has 0 N–H and O–H groups in total. The lowest BCUT2D eigenvalue weighted by atomic mass is 10.0. The van der Waals surface area contributed by atoms with Crippen molar-refractivity contribution in [3.63, 3.8) is 0 Å². The highest BCUT2D eigenvalue weighted by Gasteiger charge is 2.35. The largest absolute Gasteiger partial charge is 0.487 e. The van der Waals surface area contributed by atoms with Crippen LogP contribution in [0.5, 0.6) is 5.75 Å². The summed E-state index contributed by atoms with van der Waals surface area (Å²) in [5, 5.41) is 12.6. The van der Waals surface area contributed by atoms with Gasteiger partial charge in [0.2, 0.25) is 0 Å². The molecule has 38 heavy (non-hydrogen) atoms. The van der Waals surface area contributed by atoms with Gasteiger partial charge in [0.25, 0.3) is 16.8 Å². The molecule has 0 radical (unpaired) electrons. The van der Waals surface area contributed by atoms with E-state index in [1.54, 1.807) is 30.3 Å². The zero-order valence-electron chi connectivity index (χ0n) is 19.6. The molecular formula is C28H18Br2N2O5S. The van der Waals surface area contributed by atoms with Gasteiger partial charge in [-0.25, -0.2) is 0 Å². The average Bonchev–Trinajstić information content (AvgIpc) is 3.16. The molecule has 1 fully saturated rings. The Hall–Kier alpha value is -3.47. The summed E-state index contributed by atoms with van der Waals surface area (Å²) in [5.74, 6) is 0.211. The third-order valence-corrected chi connectivity index (χ3v) is 8.02. The zero-order valence-corrected chi connectivity index (χ0v) is 23.6. The number of imide groups is 1. The molecule has 0 bridgehead atoms. The quantitative estimate of drug-likeness (QED) is 0.114. The summed E-state index contributed by atoms with van der Waals surface area (Å²) in [5.41, 5.74) is 2.41. The number of amides is 2. The van der Waals surface area contributed by atoms with Crippen molar-refractivity contribution >= 4 is 77.3 Å². The van der Waals surface area contributed by atoms with Gasteiger partial charge < -0.3 is 4.74 Å². The predicted molar refractivity (Wildman–Crippen MR) is 155 cm³/mol. The molecule has 1 aliphatic heterocycles. The Kier molecular flexibility index (Phi) is 7.64. The highest BCUT2D eigenvalue weighted by atomic mass is 79.9. The minimum absolute atomic E-state index is 0.0157. The molecule has 0 spiro atoms. The van der Waals surface area contributed by atoms with E-state index in [1.807, 2.05) is 42.5 Å². The number of nitro groups is 1. The van der Waals surface area contributed by atoms with Crippen LogP contribution >= 0.6 is 43.6 Å². The number of rotatable bonds is 7. The van der Waals surface area contributed by atoms with Crippen LogP contribution in [-0.2, 0) is 17.9 Å². The molecule has 190 valence electrons. The first-order valence-electron chi connectivity index (χ1n) is 11.4. The zero-order chi connectivity index (χ0) is 26.8. The standard InChI is InChI=1S/C28H18Br2N2O5S/c29-23-12-18(13-24(30)26(23)37-16-17-8-10-21(11-9-17)32(35)36)14-25-27(33)31(28(34)38-25)15-20-6-3-5-19-4-1-2-7-22(19)20/h1-14H,15-16H2/b25-14+. The van der Waals surface area contributed by atoms with Crippen LogP contribution in [0.3, 0.4) is 0 Å². The van der Waals surface area contributed by atoms with Crippen molar-refractivity contribution < 1.29 is 19.2 Å². The van der Waals surface area contributed by atoms with Gasteiger partial charge in [-0.15, -0.1) is 0 Å². The van der Waals surface area contributed by atoms with Gasteiger partial charge >= 0.3 is 0 Å². The topological polar surface area (TPSA) is 89.7 Å². The number of non-ortho nitro benzene ring substituents is 1. The van der Waals surface area contributed by atoms with E-state index in [4.69, 9.17) is 4.74 Å². The first-order valence-corrected chi connectivity index (χ1v) is 13.8. The van der Waals surface area contributed by atoms with Gasteiger partial charge in [0, 0.05) is 12.1 Å². The van der Waals surface area contributed by atoms with Crippen molar-refractivity contribution in [3.05, 3.63) is 120 Å². The summed E-state index contributed by atoms with van der Waals surface area (Å²) in [7, 11) is 0. The SMILES string of the molecule is O=C1S/C(=C/c2cc(Br)c(OCc3ccc([N+](=O)[O-])cc3)c(Br)c2)C(=O)N1Cc1cccc2ccccc12. The lowest BCUT2D eigenvalue weighted by Gasteiger charge is -2.14. The summed E-state index contributed by atoms with van der Waals surface area (Å²) in [4.78, 5) is 37.9. The Balaban J connectivity index is 1.31. The Morgan fingerprint density at radius 3 is 2.34 bits per heavy atom. The van der Waals surface area contributed by atoms with Gasteiger partial charge in [-0.05, 0) is 101 Å². The van der Waals surface area contributed by atoms with Crippen LogP contribution in [0.2, 0.25) is 0 Å². The van der Waals surface area contributed by atoms with Gasteiger partial charge in [-0.1, -0.05) is 42.5 Å². The van der Waals surface area contributed by atoms with Crippen molar-refractivity contribution in [2.24, 2.45) is 0 Å². The molecule has 0 aliphatic carbocycles. The number of nitrogens with zero attached hydrogens (tertiary/aromatic N) is 2. The van der Waals surface area contributed by atoms with Crippen LogP contribution in [0.1, 0.15) is 16.7 Å². The van der Waals surface area contributed by atoms with Gasteiger partial charge in [0.1, 0.15) is 12.4 Å². The van der Waals surface area contributed by atoms with E-state index < -0.39 is 4.92 Å². The highest BCUT2D eigenvalue weighted by Crippen LogP contribution is 2.38. The fourth-order valence-electron chi connectivity index (χ4n) is 4.06.